The maximum atomic E-state index is 12.3. The summed E-state index contributed by atoms with van der Waals surface area (Å²) in [4.78, 5) is 26.9. The van der Waals surface area contributed by atoms with Crippen LogP contribution in [0.1, 0.15) is 39.0 Å². The summed E-state index contributed by atoms with van der Waals surface area (Å²) in [6, 6.07) is 7.10. The fourth-order valence-electron chi connectivity index (χ4n) is 2.40. The van der Waals surface area contributed by atoms with Crippen molar-refractivity contribution in [1.29, 1.82) is 0 Å². The van der Waals surface area contributed by atoms with Crippen molar-refractivity contribution in [3.63, 3.8) is 0 Å². The summed E-state index contributed by atoms with van der Waals surface area (Å²) in [6.07, 6.45) is 0. The molecule has 0 saturated carbocycles. The third-order valence-electron chi connectivity index (χ3n) is 3.34. The number of ether oxygens (including phenoxy) is 1. The van der Waals surface area contributed by atoms with Gasteiger partial charge in [0.2, 0.25) is 0 Å². The molecule has 5 heteroatoms. The monoisotopic (exact) mass is 286 g/mol. The number of aryl methyl sites for hydroxylation is 1. The van der Waals surface area contributed by atoms with E-state index in [1.807, 2.05) is 0 Å². The number of carbonyl (C=O) groups is 2. The number of anilines is 1. The van der Waals surface area contributed by atoms with Crippen LogP contribution in [0.15, 0.2) is 24.3 Å². The standard InChI is InChI=1S/C16H18N2O3/c1-9-14(11(3)19)10(2)17-15(9)16(20)18-12-6-5-7-13(8-12)21-4/h5-8,17H,1-4H3,(H,18,20). The second kappa shape index (κ2) is 5.83. The van der Waals surface area contributed by atoms with E-state index >= 15 is 0 Å². The van der Waals surface area contributed by atoms with Crippen LogP contribution < -0.4 is 10.1 Å². The molecule has 1 aromatic heterocycles. The van der Waals surface area contributed by atoms with Crippen LogP contribution in [0.4, 0.5) is 5.69 Å². The van der Waals surface area contributed by atoms with E-state index in [-0.39, 0.29) is 11.7 Å². The van der Waals surface area contributed by atoms with Gasteiger partial charge in [-0.2, -0.15) is 0 Å². The smallest absolute Gasteiger partial charge is 0.272 e. The Kier molecular flexibility index (Phi) is 4.12. The molecule has 5 nitrogen and oxygen atoms in total. The normalized spacial score (nSPS) is 10.3. The van der Waals surface area contributed by atoms with Crippen molar-refractivity contribution in [3.05, 3.63) is 46.8 Å². The summed E-state index contributed by atoms with van der Waals surface area (Å²) >= 11 is 0. The molecule has 0 aliphatic rings. The van der Waals surface area contributed by atoms with Gasteiger partial charge in [-0.3, -0.25) is 9.59 Å². The number of rotatable bonds is 4. The van der Waals surface area contributed by atoms with Gasteiger partial charge in [-0.05, 0) is 38.5 Å². The van der Waals surface area contributed by atoms with Gasteiger partial charge in [0, 0.05) is 23.0 Å². The largest absolute Gasteiger partial charge is 0.497 e. The number of hydrogen-bond donors (Lipinski definition) is 2. The zero-order chi connectivity index (χ0) is 15.6. The first-order valence-corrected chi connectivity index (χ1v) is 6.59. The molecule has 21 heavy (non-hydrogen) atoms. The topological polar surface area (TPSA) is 71.2 Å². The van der Waals surface area contributed by atoms with Crippen LogP contribution in [0.2, 0.25) is 0 Å². The molecule has 110 valence electrons. The predicted molar refractivity (Wildman–Crippen MR) is 81.2 cm³/mol. The van der Waals surface area contributed by atoms with Gasteiger partial charge in [0.15, 0.2) is 5.78 Å². The maximum absolute atomic E-state index is 12.3. The highest BCUT2D eigenvalue weighted by Gasteiger charge is 2.19. The number of methoxy groups -OCH3 is 1. The summed E-state index contributed by atoms with van der Waals surface area (Å²) in [5, 5.41) is 2.79. The number of carbonyl (C=O) groups excluding carboxylic acids is 2. The SMILES string of the molecule is COc1cccc(NC(=O)c2[nH]c(C)c(C(C)=O)c2C)c1. The minimum Gasteiger partial charge on any atom is -0.497 e. The van der Waals surface area contributed by atoms with E-state index in [9.17, 15) is 9.59 Å². The lowest BCUT2D eigenvalue weighted by molar-refractivity contribution is 0.101. The Morgan fingerprint density at radius 2 is 1.95 bits per heavy atom. The van der Waals surface area contributed by atoms with Gasteiger partial charge < -0.3 is 15.0 Å². The van der Waals surface area contributed by atoms with E-state index in [1.165, 1.54) is 6.92 Å². The highest BCUT2D eigenvalue weighted by molar-refractivity contribution is 6.07. The summed E-state index contributed by atoms with van der Waals surface area (Å²) in [5.41, 5.74) is 2.98. The Morgan fingerprint density at radius 1 is 1.24 bits per heavy atom. The summed E-state index contributed by atoms with van der Waals surface area (Å²) in [6.45, 7) is 5.04. The van der Waals surface area contributed by atoms with Crippen LogP contribution in [0.5, 0.6) is 5.75 Å². The lowest BCUT2D eigenvalue weighted by Gasteiger charge is -2.06. The molecule has 0 bridgehead atoms. The average Bonchev–Trinajstić information content (AvgIpc) is 2.74. The van der Waals surface area contributed by atoms with Gasteiger partial charge in [0.25, 0.3) is 5.91 Å². The Morgan fingerprint density at radius 3 is 2.52 bits per heavy atom. The number of aromatic nitrogens is 1. The van der Waals surface area contributed by atoms with Crippen molar-refractivity contribution in [2.75, 3.05) is 12.4 Å². The predicted octanol–water partition coefficient (Wildman–Crippen LogP) is 3.10. The number of benzene rings is 1. The first-order valence-electron chi connectivity index (χ1n) is 6.59. The molecule has 0 spiro atoms. The highest BCUT2D eigenvalue weighted by atomic mass is 16.5. The fraction of sp³-hybridized carbons (Fsp3) is 0.250. The molecule has 1 amide bonds. The van der Waals surface area contributed by atoms with E-state index in [2.05, 4.69) is 10.3 Å². The molecule has 0 radical (unpaired) electrons. The second-order valence-corrected chi connectivity index (χ2v) is 4.87. The molecule has 0 saturated heterocycles. The minimum atomic E-state index is -0.281. The van der Waals surface area contributed by atoms with E-state index in [0.29, 0.717) is 34.0 Å². The van der Waals surface area contributed by atoms with Gasteiger partial charge in [0.05, 0.1) is 7.11 Å². The van der Waals surface area contributed by atoms with E-state index in [4.69, 9.17) is 4.74 Å². The molecule has 2 rings (SSSR count). The molecule has 2 aromatic rings. The fourth-order valence-corrected chi connectivity index (χ4v) is 2.40. The van der Waals surface area contributed by atoms with Crippen LogP contribution >= 0.6 is 0 Å². The minimum absolute atomic E-state index is 0.0540. The molecular weight excluding hydrogens is 268 g/mol. The van der Waals surface area contributed by atoms with Gasteiger partial charge >= 0.3 is 0 Å². The summed E-state index contributed by atoms with van der Waals surface area (Å²) in [5.74, 6) is 0.328. The molecule has 1 aromatic carbocycles. The number of aromatic amines is 1. The molecule has 0 fully saturated rings. The number of H-pyrrole nitrogens is 1. The van der Waals surface area contributed by atoms with Crippen molar-refractivity contribution in [2.45, 2.75) is 20.8 Å². The third-order valence-corrected chi connectivity index (χ3v) is 3.34. The number of hydrogen-bond acceptors (Lipinski definition) is 3. The van der Waals surface area contributed by atoms with Crippen molar-refractivity contribution in [2.24, 2.45) is 0 Å². The maximum Gasteiger partial charge on any atom is 0.272 e. The Bertz CT molecular complexity index is 702. The van der Waals surface area contributed by atoms with Crippen molar-refractivity contribution < 1.29 is 14.3 Å². The van der Waals surface area contributed by atoms with Crippen LogP contribution in [-0.4, -0.2) is 23.8 Å². The van der Waals surface area contributed by atoms with Gasteiger partial charge in [-0.1, -0.05) is 6.07 Å². The van der Waals surface area contributed by atoms with Crippen LogP contribution in [0.25, 0.3) is 0 Å². The van der Waals surface area contributed by atoms with Crippen LogP contribution in [-0.2, 0) is 0 Å². The van der Waals surface area contributed by atoms with Crippen molar-refractivity contribution >= 4 is 17.4 Å². The van der Waals surface area contributed by atoms with Gasteiger partial charge in [-0.25, -0.2) is 0 Å². The molecule has 1 heterocycles. The molecule has 0 aliphatic heterocycles. The van der Waals surface area contributed by atoms with E-state index in [0.717, 1.165) is 0 Å². The summed E-state index contributed by atoms with van der Waals surface area (Å²) < 4.78 is 5.12. The first kappa shape index (κ1) is 14.8. The molecule has 2 N–H and O–H groups in total. The molecular formula is C16H18N2O3. The second-order valence-electron chi connectivity index (χ2n) is 4.87. The molecule has 0 atom stereocenters. The first-order chi connectivity index (χ1) is 9.93. The zero-order valence-corrected chi connectivity index (χ0v) is 12.5. The van der Waals surface area contributed by atoms with E-state index < -0.39 is 0 Å². The van der Waals surface area contributed by atoms with Crippen molar-refractivity contribution in [3.8, 4) is 5.75 Å². The van der Waals surface area contributed by atoms with E-state index in [1.54, 1.807) is 45.2 Å². The quantitative estimate of drug-likeness (QED) is 0.848. The lowest BCUT2D eigenvalue weighted by Crippen LogP contribution is -2.13. The Labute approximate surface area is 123 Å². The Balaban J connectivity index is 2.28. The molecule has 0 aliphatic carbocycles. The summed E-state index contributed by atoms with van der Waals surface area (Å²) in [7, 11) is 1.57. The number of Topliss-reactive ketones (excluding diaryl/α,β-unsaturated/α-hetero) is 1. The van der Waals surface area contributed by atoms with Crippen molar-refractivity contribution in [1.82, 2.24) is 4.98 Å². The van der Waals surface area contributed by atoms with Crippen LogP contribution in [0, 0.1) is 13.8 Å². The molecule has 0 unspecified atom stereocenters. The number of ketones is 1. The van der Waals surface area contributed by atoms with Gasteiger partial charge in [0.1, 0.15) is 11.4 Å². The van der Waals surface area contributed by atoms with Crippen LogP contribution in [0.3, 0.4) is 0 Å². The zero-order valence-electron chi connectivity index (χ0n) is 12.5. The highest BCUT2D eigenvalue weighted by Crippen LogP contribution is 2.21. The Hall–Kier alpha value is -2.56. The average molecular weight is 286 g/mol. The third kappa shape index (κ3) is 2.97. The lowest BCUT2D eigenvalue weighted by atomic mass is 10.1. The van der Waals surface area contributed by atoms with Gasteiger partial charge in [-0.15, -0.1) is 0 Å². The number of nitrogens with one attached hydrogen (secondary N) is 2. The number of amides is 1.